The monoisotopic (exact) mass is 252 g/mol. The minimum absolute atomic E-state index is 0.432. The van der Waals surface area contributed by atoms with E-state index in [2.05, 4.69) is 10.2 Å². The van der Waals surface area contributed by atoms with Crippen molar-refractivity contribution in [3.05, 3.63) is 23.8 Å². The first-order valence-electron chi connectivity index (χ1n) is 5.60. The van der Waals surface area contributed by atoms with E-state index in [0.717, 1.165) is 36.8 Å². The lowest BCUT2D eigenvalue weighted by Gasteiger charge is -2.30. The number of carboxylic acid groups (broad SMARTS) is 1. The van der Waals surface area contributed by atoms with Gasteiger partial charge >= 0.3 is 5.97 Å². The summed E-state index contributed by atoms with van der Waals surface area (Å²) in [5.74, 6) is -0.844. The molecule has 0 aliphatic carbocycles. The second-order valence-corrected chi connectivity index (χ2v) is 4.74. The van der Waals surface area contributed by atoms with Gasteiger partial charge in [-0.2, -0.15) is 0 Å². The quantitative estimate of drug-likeness (QED) is 0.799. The number of hydrogen-bond donors (Lipinski definition) is 2. The van der Waals surface area contributed by atoms with Gasteiger partial charge in [-0.1, -0.05) is 6.07 Å². The van der Waals surface area contributed by atoms with E-state index in [4.69, 9.17) is 0 Å². The fourth-order valence-corrected chi connectivity index (χ4v) is 2.68. The zero-order valence-corrected chi connectivity index (χ0v) is 10.6. The predicted molar refractivity (Wildman–Crippen MR) is 70.3 cm³/mol. The summed E-state index contributed by atoms with van der Waals surface area (Å²) in [6.07, 6.45) is 1.91. The summed E-state index contributed by atoms with van der Waals surface area (Å²) in [6, 6.07) is 5.68. The van der Waals surface area contributed by atoms with Gasteiger partial charge in [-0.15, -0.1) is 11.8 Å². The fourth-order valence-electron chi connectivity index (χ4n) is 2.07. The number of piperazine rings is 1. The van der Waals surface area contributed by atoms with E-state index in [-0.39, 0.29) is 0 Å². The van der Waals surface area contributed by atoms with Gasteiger partial charge in [0.2, 0.25) is 0 Å². The van der Waals surface area contributed by atoms with E-state index in [1.54, 1.807) is 0 Å². The molecule has 2 rings (SSSR count). The largest absolute Gasteiger partial charge is 0.478 e. The molecule has 92 valence electrons. The van der Waals surface area contributed by atoms with E-state index in [0.29, 0.717) is 5.56 Å². The van der Waals surface area contributed by atoms with E-state index in [1.807, 2.05) is 24.5 Å². The molecule has 4 nitrogen and oxygen atoms in total. The van der Waals surface area contributed by atoms with Crippen molar-refractivity contribution in [1.82, 2.24) is 5.32 Å². The van der Waals surface area contributed by atoms with Crippen LogP contribution in [0.5, 0.6) is 0 Å². The molecule has 0 saturated carbocycles. The molecule has 1 aliphatic heterocycles. The third kappa shape index (κ3) is 2.56. The number of hydrogen-bond acceptors (Lipinski definition) is 4. The Morgan fingerprint density at radius 2 is 2.12 bits per heavy atom. The molecular weight excluding hydrogens is 236 g/mol. The average Bonchev–Trinajstić information content (AvgIpc) is 2.38. The lowest BCUT2D eigenvalue weighted by Crippen LogP contribution is -2.44. The summed E-state index contributed by atoms with van der Waals surface area (Å²) in [5, 5.41) is 12.6. The maximum absolute atomic E-state index is 11.4. The second kappa shape index (κ2) is 5.42. The fraction of sp³-hybridized carbons (Fsp3) is 0.417. The molecule has 1 heterocycles. The van der Waals surface area contributed by atoms with Crippen molar-refractivity contribution in [1.29, 1.82) is 0 Å². The lowest BCUT2D eigenvalue weighted by molar-refractivity contribution is 0.0694. The van der Waals surface area contributed by atoms with Crippen LogP contribution in [-0.2, 0) is 0 Å². The summed E-state index contributed by atoms with van der Waals surface area (Å²) >= 11 is 1.48. The van der Waals surface area contributed by atoms with Gasteiger partial charge < -0.3 is 15.3 Å². The number of carbonyl (C=O) groups is 1. The maximum Gasteiger partial charge on any atom is 0.338 e. The topological polar surface area (TPSA) is 52.6 Å². The summed E-state index contributed by atoms with van der Waals surface area (Å²) in [6.45, 7) is 3.53. The van der Waals surface area contributed by atoms with Crippen LogP contribution in [0.1, 0.15) is 10.4 Å². The molecule has 0 radical (unpaired) electrons. The molecule has 0 bridgehead atoms. The van der Waals surface area contributed by atoms with Crippen molar-refractivity contribution >= 4 is 23.4 Å². The van der Waals surface area contributed by atoms with Crippen LogP contribution in [0.3, 0.4) is 0 Å². The van der Waals surface area contributed by atoms with Gasteiger partial charge in [0.25, 0.3) is 0 Å². The molecule has 1 aliphatic rings. The highest BCUT2D eigenvalue weighted by Gasteiger charge is 2.20. The first kappa shape index (κ1) is 12.3. The number of nitrogens with zero attached hydrogens (tertiary/aromatic N) is 1. The number of aromatic carboxylic acids is 1. The third-order valence-electron chi connectivity index (χ3n) is 2.90. The van der Waals surface area contributed by atoms with Crippen molar-refractivity contribution in [3.8, 4) is 0 Å². The molecule has 1 aromatic rings. The molecule has 0 aromatic heterocycles. The van der Waals surface area contributed by atoms with Gasteiger partial charge in [0, 0.05) is 31.1 Å². The number of carboxylic acids is 1. The van der Waals surface area contributed by atoms with Gasteiger partial charge in [-0.3, -0.25) is 0 Å². The smallest absolute Gasteiger partial charge is 0.338 e. The number of anilines is 1. The minimum Gasteiger partial charge on any atom is -0.478 e. The highest BCUT2D eigenvalue weighted by molar-refractivity contribution is 7.98. The number of rotatable bonds is 3. The number of nitrogens with one attached hydrogen (secondary N) is 1. The van der Waals surface area contributed by atoms with E-state index in [1.165, 1.54) is 11.8 Å². The first-order valence-corrected chi connectivity index (χ1v) is 6.82. The Balaban J connectivity index is 2.40. The maximum atomic E-state index is 11.4. The van der Waals surface area contributed by atoms with E-state index in [9.17, 15) is 9.90 Å². The molecule has 5 heteroatoms. The highest BCUT2D eigenvalue weighted by Crippen LogP contribution is 2.29. The van der Waals surface area contributed by atoms with Crippen LogP contribution in [0, 0.1) is 0 Å². The van der Waals surface area contributed by atoms with Crippen LogP contribution in [0.2, 0.25) is 0 Å². The molecule has 0 unspecified atom stereocenters. The van der Waals surface area contributed by atoms with Crippen molar-refractivity contribution in [3.63, 3.8) is 0 Å². The zero-order chi connectivity index (χ0) is 12.3. The van der Waals surface area contributed by atoms with Crippen LogP contribution in [0.25, 0.3) is 0 Å². The van der Waals surface area contributed by atoms with Crippen molar-refractivity contribution in [2.45, 2.75) is 4.90 Å². The molecule has 1 saturated heterocycles. The standard InChI is InChI=1S/C12H16N2O2S/c1-17-10-4-2-3-9(11(10)12(15)16)14-7-5-13-6-8-14/h2-4,13H,5-8H2,1H3,(H,15,16). The molecule has 0 atom stereocenters. The Kier molecular flexibility index (Phi) is 3.91. The molecule has 0 amide bonds. The first-order chi connectivity index (χ1) is 8.24. The molecule has 0 spiro atoms. The van der Waals surface area contributed by atoms with E-state index < -0.39 is 5.97 Å². The molecule has 17 heavy (non-hydrogen) atoms. The van der Waals surface area contributed by atoms with Crippen LogP contribution in [-0.4, -0.2) is 43.5 Å². The van der Waals surface area contributed by atoms with Crippen LogP contribution < -0.4 is 10.2 Å². The number of thioether (sulfide) groups is 1. The van der Waals surface area contributed by atoms with E-state index >= 15 is 0 Å². The van der Waals surface area contributed by atoms with Crippen molar-refractivity contribution in [2.75, 3.05) is 37.3 Å². The molecular formula is C12H16N2O2S. The number of benzene rings is 1. The Morgan fingerprint density at radius 3 is 2.71 bits per heavy atom. The van der Waals surface area contributed by atoms with Crippen molar-refractivity contribution < 1.29 is 9.90 Å². The summed E-state index contributed by atoms with van der Waals surface area (Å²) in [7, 11) is 0. The lowest BCUT2D eigenvalue weighted by atomic mass is 10.1. The van der Waals surface area contributed by atoms with Crippen LogP contribution in [0.4, 0.5) is 5.69 Å². The second-order valence-electron chi connectivity index (χ2n) is 3.90. The van der Waals surface area contributed by atoms with Gasteiger partial charge in [-0.05, 0) is 18.4 Å². The Morgan fingerprint density at radius 1 is 1.41 bits per heavy atom. The van der Waals surface area contributed by atoms with Crippen LogP contribution in [0.15, 0.2) is 23.1 Å². The Hall–Kier alpha value is -1.20. The third-order valence-corrected chi connectivity index (χ3v) is 3.68. The minimum atomic E-state index is -0.844. The predicted octanol–water partition coefficient (Wildman–Crippen LogP) is 1.52. The Labute approximate surface area is 105 Å². The zero-order valence-electron chi connectivity index (χ0n) is 9.77. The molecule has 2 N–H and O–H groups in total. The van der Waals surface area contributed by atoms with Crippen molar-refractivity contribution in [2.24, 2.45) is 0 Å². The SMILES string of the molecule is CSc1cccc(N2CCNCC2)c1C(=O)O. The van der Waals surface area contributed by atoms with Crippen LogP contribution >= 0.6 is 11.8 Å². The average molecular weight is 252 g/mol. The van der Waals surface area contributed by atoms with Gasteiger partial charge in [0.15, 0.2) is 0 Å². The summed E-state index contributed by atoms with van der Waals surface area (Å²) in [4.78, 5) is 14.4. The molecule has 1 fully saturated rings. The normalized spacial score (nSPS) is 15.9. The van der Waals surface area contributed by atoms with Gasteiger partial charge in [-0.25, -0.2) is 4.79 Å². The molecule has 1 aromatic carbocycles. The highest BCUT2D eigenvalue weighted by atomic mass is 32.2. The summed E-state index contributed by atoms with van der Waals surface area (Å²) < 4.78 is 0. The van der Waals surface area contributed by atoms with Gasteiger partial charge in [0.1, 0.15) is 0 Å². The van der Waals surface area contributed by atoms with Gasteiger partial charge in [0.05, 0.1) is 11.3 Å². The summed E-state index contributed by atoms with van der Waals surface area (Å²) in [5.41, 5.74) is 1.27. The Bertz CT molecular complexity index is 417.